The third-order valence-corrected chi connectivity index (χ3v) is 2.31. The molecule has 0 saturated carbocycles. The van der Waals surface area contributed by atoms with E-state index in [0.717, 1.165) is 12.8 Å². The highest BCUT2D eigenvalue weighted by Gasteiger charge is 2.36. The van der Waals surface area contributed by atoms with Gasteiger partial charge in [0.15, 0.2) is 5.78 Å². The van der Waals surface area contributed by atoms with Gasteiger partial charge >= 0.3 is 0 Å². The van der Waals surface area contributed by atoms with E-state index in [-0.39, 0.29) is 11.7 Å². The minimum absolute atomic E-state index is 0.00245. The van der Waals surface area contributed by atoms with Crippen molar-refractivity contribution in [2.45, 2.75) is 32.3 Å². The number of hydrogen-bond acceptors (Lipinski definition) is 2. The Kier molecular flexibility index (Phi) is 3.04. The van der Waals surface area contributed by atoms with Crippen molar-refractivity contribution in [3.05, 3.63) is 24.3 Å². The molecule has 2 unspecified atom stereocenters. The van der Waals surface area contributed by atoms with Crippen LogP contribution in [-0.4, -0.2) is 16.5 Å². The number of rotatable bonds is 3. The van der Waals surface area contributed by atoms with Gasteiger partial charge in [0, 0.05) is 0 Å². The van der Waals surface area contributed by atoms with Gasteiger partial charge in [-0.1, -0.05) is 25.5 Å². The molecule has 0 aliphatic heterocycles. The standard InChI is InChI=1S/C11H16O2/c1-3-4-5-6-9-10(12)7-8-11(9,2)13/h5-9,13H,3-4H2,1-2H3. The lowest BCUT2D eigenvalue weighted by Gasteiger charge is -2.20. The van der Waals surface area contributed by atoms with Gasteiger partial charge in [-0.25, -0.2) is 0 Å². The summed E-state index contributed by atoms with van der Waals surface area (Å²) >= 11 is 0. The van der Waals surface area contributed by atoms with Crippen LogP contribution < -0.4 is 0 Å². The summed E-state index contributed by atoms with van der Waals surface area (Å²) in [5.41, 5.74) is -0.985. The molecule has 0 heterocycles. The summed E-state index contributed by atoms with van der Waals surface area (Å²) in [6.45, 7) is 3.74. The molecule has 1 rings (SSSR count). The zero-order valence-electron chi connectivity index (χ0n) is 8.16. The van der Waals surface area contributed by atoms with E-state index >= 15 is 0 Å². The first-order chi connectivity index (χ1) is 6.08. The zero-order valence-corrected chi connectivity index (χ0v) is 8.16. The second-order valence-electron chi connectivity index (χ2n) is 3.66. The predicted molar refractivity (Wildman–Crippen MR) is 52.3 cm³/mol. The SMILES string of the molecule is CCCC=CC1C(=O)C=CC1(C)O. The lowest BCUT2D eigenvalue weighted by atomic mass is 9.91. The molecule has 0 aromatic rings. The van der Waals surface area contributed by atoms with Crippen LogP contribution in [0.4, 0.5) is 0 Å². The van der Waals surface area contributed by atoms with Crippen LogP contribution >= 0.6 is 0 Å². The van der Waals surface area contributed by atoms with Crippen LogP contribution in [0.2, 0.25) is 0 Å². The fourth-order valence-electron chi connectivity index (χ4n) is 1.43. The highest BCUT2D eigenvalue weighted by Crippen LogP contribution is 2.27. The maximum absolute atomic E-state index is 11.3. The Morgan fingerprint density at radius 2 is 2.38 bits per heavy atom. The van der Waals surface area contributed by atoms with Crippen LogP contribution in [0.5, 0.6) is 0 Å². The number of carbonyl (C=O) groups excluding carboxylic acids is 1. The monoisotopic (exact) mass is 180 g/mol. The van der Waals surface area contributed by atoms with Gasteiger partial charge < -0.3 is 5.11 Å². The van der Waals surface area contributed by atoms with Gasteiger partial charge in [0.05, 0.1) is 11.5 Å². The number of ketones is 1. The molecule has 1 aliphatic carbocycles. The summed E-state index contributed by atoms with van der Waals surface area (Å²) in [4.78, 5) is 11.3. The van der Waals surface area contributed by atoms with Crippen molar-refractivity contribution in [2.75, 3.05) is 0 Å². The normalized spacial score (nSPS) is 33.5. The maximum Gasteiger partial charge on any atom is 0.165 e. The van der Waals surface area contributed by atoms with Gasteiger partial charge in [-0.05, 0) is 25.5 Å². The Labute approximate surface area is 79.0 Å². The van der Waals surface area contributed by atoms with Crippen molar-refractivity contribution in [3.63, 3.8) is 0 Å². The third kappa shape index (κ3) is 2.28. The van der Waals surface area contributed by atoms with Gasteiger partial charge in [-0.15, -0.1) is 0 Å². The van der Waals surface area contributed by atoms with Gasteiger partial charge in [0.2, 0.25) is 0 Å². The molecule has 72 valence electrons. The van der Waals surface area contributed by atoms with E-state index in [1.165, 1.54) is 6.08 Å². The van der Waals surface area contributed by atoms with Crippen molar-refractivity contribution < 1.29 is 9.90 Å². The molecule has 0 saturated heterocycles. The quantitative estimate of drug-likeness (QED) is 0.673. The van der Waals surface area contributed by atoms with E-state index in [1.54, 1.807) is 13.0 Å². The largest absolute Gasteiger partial charge is 0.385 e. The van der Waals surface area contributed by atoms with E-state index < -0.39 is 5.60 Å². The minimum Gasteiger partial charge on any atom is -0.385 e. The van der Waals surface area contributed by atoms with E-state index in [1.807, 2.05) is 12.2 Å². The van der Waals surface area contributed by atoms with Crippen molar-refractivity contribution in [1.82, 2.24) is 0 Å². The van der Waals surface area contributed by atoms with E-state index in [2.05, 4.69) is 6.92 Å². The smallest absolute Gasteiger partial charge is 0.165 e. The summed E-state index contributed by atoms with van der Waals surface area (Å²) in [7, 11) is 0. The Bertz CT molecular complexity index is 249. The van der Waals surface area contributed by atoms with Gasteiger partial charge in [-0.2, -0.15) is 0 Å². The number of hydrogen-bond donors (Lipinski definition) is 1. The molecule has 0 bridgehead atoms. The molecule has 0 aromatic carbocycles. The molecule has 0 amide bonds. The Hall–Kier alpha value is -0.890. The van der Waals surface area contributed by atoms with Gasteiger partial charge in [0.25, 0.3) is 0 Å². The molecule has 2 nitrogen and oxygen atoms in total. The first-order valence-corrected chi connectivity index (χ1v) is 4.70. The molecular weight excluding hydrogens is 164 g/mol. The topological polar surface area (TPSA) is 37.3 Å². The summed E-state index contributed by atoms with van der Waals surface area (Å²) < 4.78 is 0. The first kappa shape index (κ1) is 10.2. The van der Waals surface area contributed by atoms with Gasteiger partial charge in [-0.3, -0.25) is 4.79 Å². The highest BCUT2D eigenvalue weighted by molar-refractivity contribution is 5.97. The maximum atomic E-state index is 11.3. The minimum atomic E-state index is -0.985. The molecule has 0 fully saturated rings. The third-order valence-electron chi connectivity index (χ3n) is 2.31. The fourth-order valence-corrected chi connectivity index (χ4v) is 1.43. The molecule has 1 aliphatic rings. The molecular formula is C11H16O2. The second kappa shape index (κ2) is 3.88. The van der Waals surface area contributed by atoms with Crippen LogP contribution in [0.15, 0.2) is 24.3 Å². The number of carbonyl (C=O) groups is 1. The summed E-state index contributed by atoms with van der Waals surface area (Å²) in [6, 6.07) is 0. The molecule has 0 aromatic heterocycles. The van der Waals surface area contributed by atoms with Crippen molar-refractivity contribution in [3.8, 4) is 0 Å². The number of allylic oxidation sites excluding steroid dienone is 2. The number of unbranched alkanes of at least 4 members (excludes halogenated alkanes) is 1. The average Bonchev–Trinajstić information content (AvgIpc) is 2.31. The van der Waals surface area contributed by atoms with E-state index in [0.29, 0.717) is 0 Å². The Morgan fingerprint density at radius 1 is 1.69 bits per heavy atom. The lowest BCUT2D eigenvalue weighted by molar-refractivity contribution is -0.119. The lowest BCUT2D eigenvalue weighted by Crippen LogP contribution is -2.30. The predicted octanol–water partition coefficient (Wildman–Crippen LogP) is 1.85. The fraction of sp³-hybridized carbons (Fsp3) is 0.545. The molecule has 2 atom stereocenters. The molecule has 2 heteroatoms. The highest BCUT2D eigenvalue weighted by atomic mass is 16.3. The van der Waals surface area contributed by atoms with Crippen LogP contribution in [0, 0.1) is 5.92 Å². The second-order valence-corrected chi connectivity index (χ2v) is 3.66. The Balaban J connectivity index is 2.64. The van der Waals surface area contributed by atoms with Crippen LogP contribution in [0.1, 0.15) is 26.7 Å². The Morgan fingerprint density at radius 3 is 2.85 bits per heavy atom. The van der Waals surface area contributed by atoms with Crippen molar-refractivity contribution >= 4 is 5.78 Å². The summed E-state index contributed by atoms with van der Waals surface area (Å²) in [5.74, 6) is -0.378. The first-order valence-electron chi connectivity index (χ1n) is 4.70. The number of aliphatic hydroxyl groups is 1. The molecule has 13 heavy (non-hydrogen) atoms. The molecule has 1 N–H and O–H groups in total. The van der Waals surface area contributed by atoms with Crippen molar-refractivity contribution in [1.29, 1.82) is 0 Å². The van der Waals surface area contributed by atoms with Gasteiger partial charge in [0.1, 0.15) is 0 Å². The molecule has 0 radical (unpaired) electrons. The molecule has 0 spiro atoms. The van der Waals surface area contributed by atoms with Crippen LogP contribution in [0.3, 0.4) is 0 Å². The van der Waals surface area contributed by atoms with Crippen LogP contribution in [0.25, 0.3) is 0 Å². The summed E-state index contributed by atoms with van der Waals surface area (Å²) in [6.07, 6.45) is 8.82. The summed E-state index contributed by atoms with van der Waals surface area (Å²) in [5, 5.41) is 9.77. The van der Waals surface area contributed by atoms with E-state index in [9.17, 15) is 9.90 Å². The average molecular weight is 180 g/mol. The van der Waals surface area contributed by atoms with Crippen LogP contribution in [-0.2, 0) is 4.79 Å². The van der Waals surface area contributed by atoms with Crippen molar-refractivity contribution in [2.24, 2.45) is 5.92 Å². The van der Waals surface area contributed by atoms with E-state index in [4.69, 9.17) is 0 Å². The zero-order chi connectivity index (χ0) is 9.90.